The summed E-state index contributed by atoms with van der Waals surface area (Å²) in [5, 5.41) is 11.8. The zero-order chi connectivity index (χ0) is 19.2. The quantitative estimate of drug-likeness (QED) is 0.804. The average molecular weight is 349 g/mol. The van der Waals surface area contributed by atoms with Gasteiger partial charge in [0.1, 0.15) is 6.04 Å². The molecule has 0 aliphatic heterocycles. The maximum absolute atomic E-state index is 13.2. The van der Waals surface area contributed by atoms with Gasteiger partial charge in [0.2, 0.25) is 11.8 Å². The van der Waals surface area contributed by atoms with Crippen molar-refractivity contribution >= 4 is 11.8 Å². The van der Waals surface area contributed by atoms with Gasteiger partial charge in [-0.1, -0.05) is 60.7 Å². The van der Waals surface area contributed by atoms with Crippen LogP contribution in [0.1, 0.15) is 31.4 Å². The smallest absolute Gasteiger partial charge is 0.240 e. The largest absolute Gasteiger partial charge is 0.368 e. The van der Waals surface area contributed by atoms with Gasteiger partial charge in [-0.3, -0.25) is 9.59 Å². The summed E-state index contributed by atoms with van der Waals surface area (Å²) < 4.78 is 0. The lowest BCUT2D eigenvalue weighted by Crippen LogP contribution is -2.52. The molecule has 0 aliphatic carbocycles. The molecular formula is C21H23N3O2. The lowest BCUT2D eigenvalue weighted by Gasteiger charge is -2.31. The van der Waals surface area contributed by atoms with E-state index in [1.54, 1.807) is 6.92 Å². The summed E-state index contributed by atoms with van der Waals surface area (Å²) in [4.78, 5) is 25.0. The molecule has 2 aromatic carbocycles. The maximum atomic E-state index is 13.2. The molecule has 0 spiro atoms. The van der Waals surface area contributed by atoms with E-state index >= 15 is 0 Å². The summed E-state index contributed by atoms with van der Waals surface area (Å²) in [6.45, 7) is 3.51. The molecule has 0 aliphatic rings. The Balaban J connectivity index is 2.41. The summed E-state index contributed by atoms with van der Waals surface area (Å²) in [5.74, 6) is -1.37. The van der Waals surface area contributed by atoms with E-state index in [2.05, 4.69) is 11.4 Å². The number of carbonyl (C=O) groups excluding carboxylic acids is 2. The number of primary amides is 1. The van der Waals surface area contributed by atoms with Crippen molar-refractivity contribution in [3.63, 3.8) is 0 Å². The maximum Gasteiger partial charge on any atom is 0.240 e. The van der Waals surface area contributed by atoms with E-state index in [9.17, 15) is 9.59 Å². The van der Waals surface area contributed by atoms with Crippen LogP contribution in [-0.2, 0) is 15.0 Å². The van der Waals surface area contributed by atoms with Crippen LogP contribution in [0.4, 0.5) is 0 Å². The van der Waals surface area contributed by atoms with Gasteiger partial charge in [-0.15, -0.1) is 0 Å². The van der Waals surface area contributed by atoms with Crippen LogP contribution in [0, 0.1) is 17.2 Å². The van der Waals surface area contributed by atoms with Gasteiger partial charge in [-0.05, 0) is 31.4 Å². The van der Waals surface area contributed by atoms with Gasteiger partial charge in [-0.25, -0.2) is 0 Å². The van der Waals surface area contributed by atoms with Gasteiger partial charge in [0.15, 0.2) is 0 Å². The Kier molecular flexibility index (Phi) is 6.13. The van der Waals surface area contributed by atoms with Crippen molar-refractivity contribution in [2.45, 2.75) is 31.7 Å². The Morgan fingerprint density at radius 2 is 1.54 bits per heavy atom. The molecule has 0 bridgehead atoms. The minimum absolute atomic E-state index is 0.178. The third kappa shape index (κ3) is 4.09. The van der Waals surface area contributed by atoms with Crippen LogP contribution in [0.5, 0.6) is 0 Å². The van der Waals surface area contributed by atoms with Crippen LogP contribution < -0.4 is 11.1 Å². The number of hydrogen-bond acceptors (Lipinski definition) is 3. The number of carbonyl (C=O) groups is 2. The molecule has 26 heavy (non-hydrogen) atoms. The molecule has 3 N–H and O–H groups in total. The summed E-state index contributed by atoms with van der Waals surface area (Å²) >= 11 is 0. The minimum Gasteiger partial charge on any atom is -0.368 e. The monoisotopic (exact) mass is 349 g/mol. The van der Waals surface area contributed by atoms with Crippen LogP contribution in [0.2, 0.25) is 0 Å². The van der Waals surface area contributed by atoms with Crippen molar-refractivity contribution in [1.82, 2.24) is 5.32 Å². The first-order valence-corrected chi connectivity index (χ1v) is 8.50. The van der Waals surface area contributed by atoms with E-state index in [4.69, 9.17) is 11.0 Å². The number of nitrogens with zero attached hydrogens (tertiary/aromatic N) is 1. The molecule has 0 radical (unpaired) electrons. The first-order valence-electron chi connectivity index (χ1n) is 8.50. The molecule has 2 amide bonds. The number of nitrogens with two attached hydrogens (primary N) is 1. The van der Waals surface area contributed by atoms with Crippen LogP contribution >= 0.6 is 0 Å². The molecule has 0 fully saturated rings. The molecular weight excluding hydrogens is 326 g/mol. The highest BCUT2D eigenvalue weighted by atomic mass is 16.2. The van der Waals surface area contributed by atoms with Crippen LogP contribution in [-0.4, -0.2) is 17.9 Å². The SMILES string of the molecule is C[C@@H](C#N)C[C@@H](NC(=O)C(C)(c1ccccc1)c1ccccc1)C(N)=O. The Bertz CT molecular complexity index is 758. The second kappa shape index (κ2) is 8.30. The molecule has 2 aromatic rings. The van der Waals surface area contributed by atoms with Crippen molar-refractivity contribution in [3.05, 3.63) is 71.8 Å². The van der Waals surface area contributed by atoms with Crippen molar-refractivity contribution in [3.8, 4) is 6.07 Å². The highest BCUT2D eigenvalue weighted by Crippen LogP contribution is 2.32. The van der Waals surface area contributed by atoms with Crippen LogP contribution in [0.25, 0.3) is 0 Å². The van der Waals surface area contributed by atoms with E-state index < -0.39 is 23.3 Å². The second-order valence-electron chi connectivity index (χ2n) is 6.55. The summed E-state index contributed by atoms with van der Waals surface area (Å²) in [5.41, 5.74) is 6.06. The Morgan fingerprint density at radius 3 is 1.92 bits per heavy atom. The number of amides is 2. The van der Waals surface area contributed by atoms with Gasteiger partial charge < -0.3 is 11.1 Å². The third-order valence-electron chi connectivity index (χ3n) is 4.61. The Hall–Kier alpha value is -3.13. The van der Waals surface area contributed by atoms with Gasteiger partial charge >= 0.3 is 0 Å². The van der Waals surface area contributed by atoms with Crippen molar-refractivity contribution < 1.29 is 9.59 Å². The molecule has 2 rings (SSSR count). The predicted molar refractivity (Wildman–Crippen MR) is 99.9 cm³/mol. The van der Waals surface area contributed by atoms with E-state index in [1.807, 2.05) is 67.6 Å². The lowest BCUT2D eigenvalue weighted by molar-refractivity contribution is -0.130. The predicted octanol–water partition coefficient (Wildman–Crippen LogP) is 2.51. The molecule has 5 heteroatoms. The van der Waals surface area contributed by atoms with Gasteiger partial charge in [0.05, 0.1) is 11.5 Å². The molecule has 0 unspecified atom stereocenters. The molecule has 0 heterocycles. The highest BCUT2D eigenvalue weighted by Gasteiger charge is 2.38. The molecule has 2 atom stereocenters. The fourth-order valence-corrected chi connectivity index (χ4v) is 2.93. The molecule has 5 nitrogen and oxygen atoms in total. The second-order valence-corrected chi connectivity index (χ2v) is 6.55. The topological polar surface area (TPSA) is 96.0 Å². The Morgan fingerprint density at radius 1 is 1.08 bits per heavy atom. The zero-order valence-electron chi connectivity index (χ0n) is 15.0. The van der Waals surface area contributed by atoms with Gasteiger partial charge in [0, 0.05) is 5.92 Å². The van der Waals surface area contributed by atoms with Crippen molar-refractivity contribution in [2.75, 3.05) is 0 Å². The number of nitrogens with one attached hydrogen (secondary N) is 1. The van der Waals surface area contributed by atoms with E-state index in [-0.39, 0.29) is 12.3 Å². The lowest BCUT2D eigenvalue weighted by atomic mass is 9.75. The Labute approximate surface area is 153 Å². The number of nitriles is 1. The summed E-state index contributed by atoms with van der Waals surface area (Å²) in [7, 11) is 0. The van der Waals surface area contributed by atoms with Gasteiger partial charge in [0.25, 0.3) is 0 Å². The summed E-state index contributed by atoms with van der Waals surface area (Å²) in [6, 6.07) is 19.9. The average Bonchev–Trinajstić information content (AvgIpc) is 2.67. The van der Waals surface area contributed by atoms with Crippen molar-refractivity contribution in [2.24, 2.45) is 11.7 Å². The minimum atomic E-state index is -0.994. The number of hydrogen-bond donors (Lipinski definition) is 2. The highest BCUT2D eigenvalue weighted by molar-refractivity contribution is 5.95. The molecule has 0 saturated carbocycles. The number of rotatable bonds is 7. The molecule has 0 saturated heterocycles. The first kappa shape index (κ1) is 19.2. The van der Waals surface area contributed by atoms with E-state index in [1.165, 1.54) is 0 Å². The first-order chi connectivity index (χ1) is 12.4. The number of benzene rings is 2. The third-order valence-corrected chi connectivity index (χ3v) is 4.61. The summed E-state index contributed by atoms with van der Waals surface area (Å²) in [6.07, 6.45) is 0.178. The standard InChI is InChI=1S/C21H23N3O2/c1-15(14-22)13-18(19(23)25)24-20(26)21(2,16-9-5-3-6-10-16)17-11-7-4-8-12-17/h3-12,15,18H,13H2,1-2H3,(H2,23,25)(H,24,26)/t15-,18-/m1/s1. The van der Waals surface area contributed by atoms with Crippen molar-refractivity contribution in [1.29, 1.82) is 5.26 Å². The van der Waals surface area contributed by atoms with Gasteiger partial charge in [-0.2, -0.15) is 5.26 Å². The van der Waals surface area contributed by atoms with Crippen LogP contribution in [0.3, 0.4) is 0 Å². The molecule has 134 valence electrons. The zero-order valence-corrected chi connectivity index (χ0v) is 15.0. The normalized spacial score (nSPS) is 13.3. The van der Waals surface area contributed by atoms with E-state index in [0.717, 1.165) is 11.1 Å². The fourth-order valence-electron chi connectivity index (χ4n) is 2.93. The van der Waals surface area contributed by atoms with Crippen LogP contribution in [0.15, 0.2) is 60.7 Å². The fraction of sp³-hybridized carbons (Fsp3) is 0.286. The molecule has 0 aromatic heterocycles. The van der Waals surface area contributed by atoms with E-state index in [0.29, 0.717) is 0 Å².